The number of aromatic amines is 1. The van der Waals surface area contributed by atoms with E-state index in [4.69, 9.17) is 0 Å². The maximum Gasteiger partial charge on any atom is 0.253 e. The first-order valence-electron chi connectivity index (χ1n) is 7.34. The van der Waals surface area contributed by atoms with Crippen LogP contribution in [0.15, 0.2) is 12.1 Å². The minimum absolute atomic E-state index is 0.159. The molecule has 3 amide bonds. The first kappa shape index (κ1) is 16.5. The molecule has 0 bridgehead atoms. The monoisotopic (exact) mass is 317 g/mol. The molecule has 0 aliphatic heterocycles. The Bertz CT molecular complexity index is 766. The number of carbonyl (C=O) groups excluding carboxylic acids is 3. The van der Waals surface area contributed by atoms with Crippen molar-refractivity contribution in [2.45, 2.75) is 27.2 Å². The fourth-order valence-corrected chi connectivity index (χ4v) is 2.09. The number of hydrogen-bond acceptors (Lipinski definition) is 4. The number of rotatable bonds is 5. The second-order valence-electron chi connectivity index (χ2n) is 4.95. The molecule has 0 aliphatic rings. The molecule has 8 nitrogen and oxygen atoms in total. The fraction of sp³-hybridized carbons (Fsp3) is 0.333. The first-order valence-corrected chi connectivity index (χ1v) is 7.34. The predicted molar refractivity (Wildman–Crippen MR) is 87.3 cm³/mol. The third-order valence-electron chi connectivity index (χ3n) is 3.07. The quantitative estimate of drug-likeness (QED) is 0.670. The van der Waals surface area contributed by atoms with Crippen molar-refractivity contribution in [3.63, 3.8) is 0 Å². The van der Waals surface area contributed by atoms with Crippen molar-refractivity contribution in [2.75, 3.05) is 17.2 Å². The van der Waals surface area contributed by atoms with Gasteiger partial charge in [0.05, 0.1) is 11.1 Å². The summed E-state index contributed by atoms with van der Waals surface area (Å²) in [6.07, 6.45) is 0.328. The molecule has 8 heteroatoms. The molecular formula is C15H19N5O3. The van der Waals surface area contributed by atoms with Crippen LogP contribution >= 0.6 is 0 Å². The molecule has 0 aliphatic carbocycles. The predicted octanol–water partition coefficient (Wildman–Crippen LogP) is 1.62. The molecule has 2 aromatic rings. The summed E-state index contributed by atoms with van der Waals surface area (Å²) in [6.45, 7) is 5.38. The van der Waals surface area contributed by atoms with Crippen molar-refractivity contribution in [1.29, 1.82) is 0 Å². The van der Waals surface area contributed by atoms with Crippen molar-refractivity contribution in [3.05, 3.63) is 17.7 Å². The van der Waals surface area contributed by atoms with Crippen molar-refractivity contribution in [3.8, 4) is 0 Å². The zero-order chi connectivity index (χ0) is 17.0. The number of nitrogens with one attached hydrogen (secondary N) is 4. The zero-order valence-corrected chi connectivity index (χ0v) is 13.2. The number of hydrogen-bond donors (Lipinski definition) is 4. The number of benzene rings is 1. The van der Waals surface area contributed by atoms with E-state index < -0.39 is 0 Å². The maximum atomic E-state index is 12.2. The van der Waals surface area contributed by atoms with Crippen LogP contribution < -0.4 is 16.0 Å². The van der Waals surface area contributed by atoms with E-state index >= 15 is 0 Å². The number of nitrogens with zero attached hydrogens (tertiary/aromatic N) is 1. The number of amides is 3. The van der Waals surface area contributed by atoms with Crippen LogP contribution in [0.2, 0.25) is 0 Å². The highest BCUT2D eigenvalue weighted by atomic mass is 16.2. The summed E-state index contributed by atoms with van der Waals surface area (Å²) in [6, 6.07) is 3.24. The van der Waals surface area contributed by atoms with Gasteiger partial charge in [0.15, 0.2) is 0 Å². The number of H-pyrrole nitrogens is 1. The summed E-state index contributed by atoms with van der Waals surface area (Å²) in [5.74, 6) is -0.487. The molecule has 0 atom stereocenters. The third-order valence-corrected chi connectivity index (χ3v) is 3.07. The second-order valence-corrected chi connectivity index (χ2v) is 4.95. The molecule has 122 valence electrons. The molecule has 1 aromatic heterocycles. The van der Waals surface area contributed by atoms with Gasteiger partial charge in [0.25, 0.3) is 5.91 Å². The number of fused-ring (bicyclic) bond motifs is 1. The highest BCUT2D eigenvalue weighted by Crippen LogP contribution is 2.24. The highest BCUT2D eigenvalue weighted by Gasteiger charge is 2.16. The summed E-state index contributed by atoms with van der Waals surface area (Å²) < 4.78 is 0. The number of anilines is 2. The number of aromatic nitrogens is 2. The Morgan fingerprint density at radius 1 is 1.17 bits per heavy atom. The molecule has 1 heterocycles. The lowest BCUT2D eigenvalue weighted by Gasteiger charge is -2.08. The van der Waals surface area contributed by atoms with Gasteiger partial charge in [-0.05, 0) is 19.1 Å². The molecule has 0 unspecified atom stereocenters. The van der Waals surface area contributed by atoms with E-state index in [2.05, 4.69) is 25.9 Å². The van der Waals surface area contributed by atoms with Crippen molar-refractivity contribution < 1.29 is 14.4 Å². The van der Waals surface area contributed by atoms with Gasteiger partial charge in [-0.25, -0.2) is 4.98 Å². The van der Waals surface area contributed by atoms with Crippen molar-refractivity contribution in [1.82, 2.24) is 15.3 Å². The SMILES string of the molecule is CCNC(=O)c1cc(NC(=O)CC)cc2[nH]c(NC(C)=O)nc12. The summed E-state index contributed by atoms with van der Waals surface area (Å²) in [7, 11) is 0. The van der Waals surface area contributed by atoms with Crippen LogP contribution in [-0.4, -0.2) is 34.2 Å². The standard InChI is InChI=1S/C15H19N5O3/c1-4-12(22)18-9-6-10(14(23)16-5-2)13-11(7-9)19-15(20-13)17-8(3)21/h6-7H,4-5H2,1-3H3,(H,16,23)(H,18,22)(H2,17,19,20,21). The van der Waals surface area contributed by atoms with Gasteiger partial charge < -0.3 is 15.6 Å². The summed E-state index contributed by atoms with van der Waals surface area (Å²) in [5.41, 5.74) is 1.78. The Hall–Kier alpha value is -2.90. The van der Waals surface area contributed by atoms with E-state index in [1.54, 1.807) is 19.1 Å². The molecular weight excluding hydrogens is 298 g/mol. The van der Waals surface area contributed by atoms with E-state index in [-0.39, 0.29) is 23.7 Å². The maximum absolute atomic E-state index is 12.2. The van der Waals surface area contributed by atoms with Gasteiger partial charge in [-0.3, -0.25) is 19.7 Å². The Kier molecular flexibility index (Phi) is 4.95. The molecule has 23 heavy (non-hydrogen) atoms. The third kappa shape index (κ3) is 3.85. The normalized spacial score (nSPS) is 10.4. The average Bonchev–Trinajstić information content (AvgIpc) is 2.87. The minimum atomic E-state index is -0.300. The van der Waals surface area contributed by atoms with Crippen molar-refractivity contribution >= 4 is 40.4 Å². The fourth-order valence-electron chi connectivity index (χ4n) is 2.09. The molecule has 0 fully saturated rings. The average molecular weight is 317 g/mol. The summed E-state index contributed by atoms with van der Waals surface area (Å²) >= 11 is 0. The largest absolute Gasteiger partial charge is 0.352 e. The van der Waals surface area contributed by atoms with E-state index in [1.165, 1.54) is 6.92 Å². The van der Waals surface area contributed by atoms with Gasteiger partial charge in [0.1, 0.15) is 5.52 Å². The topological polar surface area (TPSA) is 116 Å². The van der Waals surface area contributed by atoms with Crippen LogP contribution in [0.5, 0.6) is 0 Å². The smallest absolute Gasteiger partial charge is 0.253 e. The van der Waals surface area contributed by atoms with Crippen LogP contribution in [0.1, 0.15) is 37.6 Å². The molecule has 0 saturated carbocycles. The lowest BCUT2D eigenvalue weighted by molar-refractivity contribution is -0.116. The lowest BCUT2D eigenvalue weighted by atomic mass is 10.1. The van der Waals surface area contributed by atoms with Crippen LogP contribution in [0.25, 0.3) is 11.0 Å². The van der Waals surface area contributed by atoms with Crippen molar-refractivity contribution in [2.24, 2.45) is 0 Å². The first-order chi connectivity index (χ1) is 10.9. The number of imidazole rings is 1. The molecule has 0 saturated heterocycles. The van der Waals surface area contributed by atoms with E-state index in [0.29, 0.717) is 35.2 Å². The van der Waals surface area contributed by atoms with Gasteiger partial charge in [0, 0.05) is 25.6 Å². The van der Waals surface area contributed by atoms with Gasteiger partial charge >= 0.3 is 0 Å². The van der Waals surface area contributed by atoms with Crippen LogP contribution in [-0.2, 0) is 9.59 Å². The Morgan fingerprint density at radius 3 is 2.52 bits per heavy atom. The van der Waals surface area contributed by atoms with Crippen LogP contribution in [0, 0.1) is 0 Å². The summed E-state index contributed by atoms with van der Waals surface area (Å²) in [4.78, 5) is 42.1. The van der Waals surface area contributed by atoms with E-state index in [1.807, 2.05) is 6.92 Å². The molecule has 0 spiro atoms. The molecule has 4 N–H and O–H groups in total. The summed E-state index contributed by atoms with van der Waals surface area (Å²) in [5, 5.41) is 7.96. The highest BCUT2D eigenvalue weighted by molar-refractivity contribution is 6.08. The lowest BCUT2D eigenvalue weighted by Crippen LogP contribution is -2.23. The Labute approximate surface area is 133 Å². The molecule has 2 rings (SSSR count). The second kappa shape index (κ2) is 6.91. The van der Waals surface area contributed by atoms with E-state index in [9.17, 15) is 14.4 Å². The van der Waals surface area contributed by atoms with Crippen LogP contribution in [0.3, 0.4) is 0 Å². The van der Waals surface area contributed by atoms with Gasteiger partial charge in [0.2, 0.25) is 17.8 Å². The van der Waals surface area contributed by atoms with Gasteiger partial charge in [-0.1, -0.05) is 6.92 Å². The van der Waals surface area contributed by atoms with Gasteiger partial charge in [-0.15, -0.1) is 0 Å². The van der Waals surface area contributed by atoms with Gasteiger partial charge in [-0.2, -0.15) is 0 Å². The minimum Gasteiger partial charge on any atom is -0.352 e. The molecule has 1 aromatic carbocycles. The molecule has 0 radical (unpaired) electrons. The zero-order valence-electron chi connectivity index (χ0n) is 13.2. The Morgan fingerprint density at radius 2 is 1.91 bits per heavy atom. The van der Waals surface area contributed by atoms with Crippen LogP contribution in [0.4, 0.5) is 11.6 Å². The Balaban J connectivity index is 2.52. The van der Waals surface area contributed by atoms with E-state index in [0.717, 1.165) is 0 Å². The number of carbonyl (C=O) groups is 3.